The van der Waals surface area contributed by atoms with E-state index in [1.807, 2.05) is 13.8 Å². The van der Waals surface area contributed by atoms with Crippen LogP contribution < -0.4 is 0 Å². The van der Waals surface area contributed by atoms with Gasteiger partial charge in [0.05, 0.1) is 16.7 Å². The summed E-state index contributed by atoms with van der Waals surface area (Å²) in [5.74, 6) is 0.872. The molecule has 0 amide bonds. The molecule has 0 aromatic heterocycles. The average molecular weight is 498 g/mol. The molecule has 2 fully saturated rings. The van der Waals surface area contributed by atoms with Crippen LogP contribution in [0, 0.1) is 35.2 Å². The lowest BCUT2D eigenvalue weighted by molar-refractivity contribution is 0.113. The monoisotopic (exact) mass is 497 g/mol. The fourth-order valence-electron chi connectivity index (χ4n) is 6.71. The Kier molecular flexibility index (Phi) is 7.20. The van der Waals surface area contributed by atoms with Crippen molar-refractivity contribution in [2.45, 2.75) is 90.0 Å². The summed E-state index contributed by atoms with van der Waals surface area (Å²) in [7, 11) is 0. The summed E-state index contributed by atoms with van der Waals surface area (Å²) in [6, 6.07) is 7.17. The topological polar surface area (TPSA) is 21.6 Å². The Morgan fingerprint density at radius 2 is 1.64 bits per heavy atom. The zero-order valence-corrected chi connectivity index (χ0v) is 21.8. The minimum absolute atomic E-state index is 0.177. The molecule has 1 aliphatic heterocycles. The molecule has 2 saturated carbocycles. The molecule has 5 rings (SSSR count). The fourth-order valence-corrected chi connectivity index (χ4v) is 6.71. The Labute approximate surface area is 213 Å². The lowest BCUT2D eigenvalue weighted by atomic mass is 9.63. The van der Waals surface area contributed by atoms with Crippen molar-refractivity contribution < 1.29 is 17.9 Å². The van der Waals surface area contributed by atoms with Crippen molar-refractivity contribution >= 4 is 5.90 Å². The fraction of sp³-hybridized carbons (Fsp3) is 0.581. The van der Waals surface area contributed by atoms with Crippen LogP contribution in [0.5, 0.6) is 0 Å². The average Bonchev–Trinajstić information content (AvgIpc) is 3.21. The summed E-state index contributed by atoms with van der Waals surface area (Å²) < 4.78 is 51.0. The van der Waals surface area contributed by atoms with Gasteiger partial charge in [-0.3, -0.25) is 0 Å². The van der Waals surface area contributed by atoms with Crippen LogP contribution in [0.25, 0.3) is 11.1 Å². The maximum atomic E-state index is 15.3. The highest BCUT2D eigenvalue weighted by Gasteiger charge is 2.36. The maximum absolute atomic E-state index is 15.3. The van der Waals surface area contributed by atoms with E-state index in [0.29, 0.717) is 12.5 Å². The van der Waals surface area contributed by atoms with Crippen LogP contribution >= 0.6 is 0 Å². The van der Waals surface area contributed by atoms with E-state index in [-0.39, 0.29) is 28.5 Å². The molecule has 1 unspecified atom stereocenters. The lowest BCUT2D eigenvalue weighted by Crippen LogP contribution is -2.30. The predicted molar refractivity (Wildman–Crippen MR) is 139 cm³/mol. The molecule has 2 aromatic carbocycles. The molecule has 0 N–H and O–H groups in total. The van der Waals surface area contributed by atoms with Crippen LogP contribution in [0.1, 0.15) is 95.6 Å². The van der Waals surface area contributed by atoms with E-state index in [9.17, 15) is 4.39 Å². The van der Waals surface area contributed by atoms with Crippen molar-refractivity contribution in [3.63, 3.8) is 0 Å². The zero-order valence-electron chi connectivity index (χ0n) is 21.8. The van der Waals surface area contributed by atoms with E-state index < -0.39 is 23.0 Å². The molecule has 0 radical (unpaired) electrons. The quantitative estimate of drug-likeness (QED) is 0.391. The second kappa shape index (κ2) is 10.2. The Morgan fingerprint density at radius 3 is 2.31 bits per heavy atom. The van der Waals surface area contributed by atoms with Crippen molar-refractivity contribution in [1.29, 1.82) is 0 Å². The summed E-state index contributed by atoms with van der Waals surface area (Å²) in [4.78, 5) is 4.40. The molecule has 194 valence electrons. The van der Waals surface area contributed by atoms with Crippen LogP contribution in [0.2, 0.25) is 0 Å². The standard InChI is InChI=1S/C31H38F3NO/c1-4-5-6-19-7-8-21-14-22(10-9-20(21)13-19)24-16-27(33)29(28(34)17-24)23-11-12-25(26(32)15-23)30-35-31(2,3)18-36-30/h11-12,15-17,19-22H,4-10,13-14,18H2,1-3H3/t19?,20-,21-,22-/m1/s1. The predicted octanol–water partition coefficient (Wildman–Crippen LogP) is 8.82. The molecule has 2 aliphatic carbocycles. The minimum Gasteiger partial charge on any atom is -0.475 e. The third-order valence-corrected chi connectivity index (χ3v) is 8.68. The molecule has 2 aromatic rings. The van der Waals surface area contributed by atoms with Gasteiger partial charge in [-0.2, -0.15) is 0 Å². The smallest absolute Gasteiger partial charge is 0.219 e. The molecular formula is C31H38F3NO. The Bertz CT molecular complexity index is 1120. The van der Waals surface area contributed by atoms with Gasteiger partial charge in [0.1, 0.15) is 24.1 Å². The van der Waals surface area contributed by atoms with Gasteiger partial charge in [0.25, 0.3) is 0 Å². The number of hydrogen-bond donors (Lipinski definition) is 0. The van der Waals surface area contributed by atoms with Crippen LogP contribution in [-0.4, -0.2) is 18.0 Å². The van der Waals surface area contributed by atoms with E-state index >= 15 is 8.78 Å². The van der Waals surface area contributed by atoms with Gasteiger partial charge >= 0.3 is 0 Å². The first-order chi connectivity index (χ1) is 17.2. The highest BCUT2D eigenvalue weighted by Crippen LogP contribution is 2.49. The molecule has 4 atom stereocenters. The number of ether oxygens (including phenoxy) is 1. The van der Waals surface area contributed by atoms with Crippen molar-refractivity contribution in [3.05, 3.63) is 58.9 Å². The minimum atomic E-state index is -0.627. The van der Waals surface area contributed by atoms with Crippen LogP contribution in [0.15, 0.2) is 35.3 Å². The number of hydrogen-bond acceptors (Lipinski definition) is 2. The first-order valence-electron chi connectivity index (χ1n) is 13.8. The molecule has 0 bridgehead atoms. The number of nitrogens with zero attached hydrogens (tertiary/aromatic N) is 1. The number of halogens is 3. The van der Waals surface area contributed by atoms with Gasteiger partial charge in [0.2, 0.25) is 5.90 Å². The molecule has 0 saturated heterocycles. The molecule has 0 spiro atoms. The van der Waals surface area contributed by atoms with E-state index in [1.54, 1.807) is 6.07 Å². The Morgan fingerprint density at radius 1 is 0.917 bits per heavy atom. The summed E-state index contributed by atoms with van der Waals surface area (Å²) in [6.45, 7) is 6.44. The molecular weight excluding hydrogens is 459 g/mol. The number of aliphatic imine (C=N–C) groups is 1. The third kappa shape index (κ3) is 5.21. The Hall–Kier alpha value is -2.30. The van der Waals surface area contributed by atoms with Gasteiger partial charge in [-0.05, 0) is 105 Å². The third-order valence-electron chi connectivity index (χ3n) is 8.68. The van der Waals surface area contributed by atoms with E-state index in [1.165, 1.54) is 62.8 Å². The molecule has 2 nitrogen and oxygen atoms in total. The van der Waals surface area contributed by atoms with Crippen LogP contribution in [0.3, 0.4) is 0 Å². The first-order valence-corrected chi connectivity index (χ1v) is 13.8. The second-order valence-electron chi connectivity index (χ2n) is 11.9. The lowest BCUT2D eigenvalue weighted by Gasteiger charge is -2.42. The molecule has 1 heterocycles. The summed E-state index contributed by atoms with van der Waals surface area (Å²) >= 11 is 0. The van der Waals surface area contributed by atoms with Gasteiger partial charge < -0.3 is 4.74 Å². The van der Waals surface area contributed by atoms with Crippen LogP contribution in [0.4, 0.5) is 13.2 Å². The van der Waals surface area contributed by atoms with E-state index in [0.717, 1.165) is 36.7 Å². The highest BCUT2D eigenvalue weighted by atomic mass is 19.1. The molecule has 5 heteroatoms. The molecule has 36 heavy (non-hydrogen) atoms. The number of fused-ring (bicyclic) bond motifs is 1. The summed E-state index contributed by atoms with van der Waals surface area (Å²) in [5.41, 5.74) is 0.548. The van der Waals surface area contributed by atoms with Crippen molar-refractivity contribution in [3.8, 4) is 11.1 Å². The maximum Gasteiger partial charge on any atom is 0.219 e. The van der Waals surface area contributed by atoms with Gasteiger partial charge in [0, 0.05) is 0 Å². The zero-order chi connectivity index (χ0) is 25.4. The summed E-state index contributed by atoms with van der Waals surface area (Å²) in [5, 5.41) is 0. The van der Waals surface area contributed by atoms with Crippen molar-refractivity contribution in [2.24, 2.45) is 22.7 Å². The molecule has 3 aliphatic rings. The van der Waals surface area contributed by atoms with Crippen molar-refractivity contribution in [1.82, 2.24) is 0 Å². The van der Waals surface area contributed by atoms with Crippen molar-refractivity contribution in [2.75, 3.05) is 6.61 Å². The van der Waals surface area contributed by atoms with Crippen LogP contribution in [-0.2, 0) is 4.74 Å². The highest BCUT2D eigenvalue weighted by molar-refractivity contribution is 5.96. The largest absolute Gasteiger partial charge is 0.475 e. The SMILES string of the molecule is CCCCC1CC[C@@H]2C[C@H](c3cc(F)c(-c4ccc(C5=NC(C)(C)CO5)c(F)c4)c(F)c3)CC[C@@H]2C1. The normalized spacial score (nSPS) is 27.3. The van der Waals surface area contributed by atoms with Gasteiger partial charge in [-0.1, -0.05) is 38.7 Å². The van der Waals surface area contributed by atoms with Gasteiger partial charge in [-0.15, -0.1) is 0 Å². The summed E-state index contributed by atoms with van der Waals surface area (Å²) in [6.07, 6.45) is 11.0. The van der Waals surface area contributed by atoms with E-state index in [2.05, 4.69) is 11.9 Å². The van der Waals surface area contributed by atoms with E-state index in [4.69, 9.17) is 4.74 Å². The Balaban J connectivity index is 1.31. The van der Waals surface area contributed by atoms with Gasteiger partial charge in [-0.25, -0.2) is 18.2 Å². The number of unbranched alkanes of at least 4 members (excludes halogenated alkanes) is 1. The van der Waals surface area contributed by atoms with Gasteiger partial charge in [0.15, 0.2) is 0 Å². The number of rotatable bonds is 6. The second-order valence-corrected chi connectivity index (χ2v) is 11.9. The number of benzene rings is 2. The first kappa shape index (κ1) is 25.4.